The van der Waals surface area contributed by atoms with Crippen molar-refractivity contribution in [1.29, 1.82) is 0 Å². The number of rotatable bonds is 4. The first kappa shape index (κ1) is 12.5. The van der Waals surface area contributed by atoms with E-state index in [2.05, 4.69) is 10.5 Å². The lowest BCUT2D eigenvalue weighted by Crippen LogP contribution is -2.18. The maximum Gasteiger partial charge on any atom is 0.281 e. The van der Waals surface area contributed by atoms with Gasteiger partial charge in [0.2, 0.25) is 0 Å². The topological polar surface area (TPSA) is 41.5 Å². The standard InChI is InChI=1S/C14H14N2OS/c1-2-12(11-7-4-3-5-8-11)15-16-14(17)13-9-6-10-18-13/h3-10H,2H2,1H3,(H,16,17)/b15-12-. The van der Waals surface area contributed by atoms with Crippen LogP contribution in [0.1, 0.15) is 28.6 Å². The lowest BCUT2D eigenvalue weighted by molar-refractivity contribution is 0.0959. The Hall–Kier alpha value is -1.94. The molecule has 2 rings (SSSR count). The molecule has 2 aromatic rings. The summed E-state index contributed by atoms with van der Waals surface area (Å²) in [7, 11) is 0. The van der Waals surface area contributed by atoms with Crippen LogP contribution in [0.2, 0.25) is 0 Å². The number of thiophene rings is 1. The molecule has 0 spiro atoms. The third-order valence-electron chi connectivity index (χ3n) is 2.48. The first-order valence-corrected chi connectivity index (χ1v) is 6.65. The van der Waals surface area contributed by atoms with Gasteiger partial charge in [0.1, 0.15) is 0 Å². The van der Waals surface area contributed by atoms with Crippen molar-refractivity contribution in [2.24, 2.45) is 5.10 Å². The number of carbonyl (C=O) groups excluding carboxylic acids is 1. The Bertz CT molecular complexity index is 532. The van der Waals surface area contributed by atoms with Crippen LogP contribution in [0.15, 0.2) is 52.9 Å². The van der Waals surface area contributed by atoms with E-state index in [-0.39, 0.29) is 5.91 Å². The van der Waals surface area contributed by atoms with Gasteiger partial charge in [0.25, 0.3) is 5.91 Å². The van der Waals surface area contributed by atoms with Crippen LogP contribution in [-0.2, 0) is 0 Å². The van der Waals surface area contributed by atoms with Gasteiger partial charge in [0.15, 0.2) is 0 Å². The minimum absolute atomic E-state index is 0.160. The quantitative estimate of drug-likeness (QED) is 0.663. The van der Waals surface area contributed by atoms with E-state index < -0.39 is 0 Å². The zero-order valence-corrected chi connectivity index (χ0v) is 10.9. The van der Waals surface area contributed by atoms with Gasteiger partial charge in [-0.15, -0.1) is 11.3 Å². The van der Waals surface area contributed by atoms with Crippen molar-refractivity contribution < 1.29 is 4.79 Å². The Kier molecular flexibility index (Phi) is 4.25. The summed E-state index contributed by atoms with van der Waals surface area (Å²) in [6.07, 6.45) is 0.773. The number of amides is 1. The number of carbonyl (C=O) groups is 1. The van der Waals surface area contributed by atoms with Gasteiger partial charge in [-0.25, -0.2) is 5.43 Å². The fourth-order valence-electron chi connectivity index (χ4n) is 1.56. The van der Waals surface area contributed by atoms with E-state index in [9.17, 15) is 4.79 Å². The van der Waals surface area contributed by atoms with Crippen molar-refractivity contribution in [1.82, 2.24) is 5.43 Å². The number of nitrogens with one attached hydrogen (secondary N) is 1. The zero-order valence-electron chi connectivity index (χ0n) is 10.1. The largest absolute Gasteiger partial charge is 0.281 e. The summed E-state index contributed by atoms with van der Waals surface area (Å²) < 4.78 is 0. The second kappa shape index (κ2) is 6.12. The van der Waals surface area contributed by atoms with E-state index >= 15 is 0 Å². The first-order chi connectivity index (χ1) is 8.81. The number of benzene rings is 1. The number of hydrazone groups is 1. The molecule has 0 aliphatic heterocycles. The molecule has 0 aliphatic carbocycles. The summed E-state index contributed by atoms with van der Waals surface area (Å²) >= 11 is 1.40. The van der Waals surface area contributed by atoms with Crippen LogP contribution in [0.3, 0.4) is 0 Å². The zero-order chi connectivity index (χ0) is 12.8. The lowest BCUT2D eigenvalue weighted by Gasteiger charge is -2.04. The van der Waals surface area contributed by atoms with Crippen LogP contribution in [0.25, 0.3) is 0 Å². The van der Waals surface area contributed by atoms with E-state index in [1.54, 1.807) is 6.07 Å². The van der Waals surface area contributed by atoms with E-state index in [1.807, 2.05) is 48.7 Å². The lowest BCUT2D eigenvalue weighted by atomic mass is 10.1. The van der Waals surface area contributed by atoms with Gasteiger partial charge < -0.3 is 0 Å². The fraction of sp³-hybridized carbons (Fsp3) is 0.143. The molecule has 0 bridgehead atoms. The molecule has 0 atom stereocenters. The maximum absolute atomic E-state index is 11.7. The molecule has 0 aliphatic rings. The van der Waals surface area contributed by atoms with E-state index in [0.717, 1.165) is 17.7 Å². The van der Waals surface area contributed by atoms with Crippen molar-refractivity contribution in [3.63, 3.8) is 0 Å². The molecule has 0 unspecified atom stereocenters. The minimum atomic E-state index is -0.160. The van der Waals surface area contributed by atoms with Crippen molar-refractivity contribution in [3.8, 4) is 0 Å². The van der Waals surface area contributed by atoms with E-state index in [1.165, 1.54) is 11.3 Å². The highest BCUT2D eigenvalue weighted by Crippen LogP contribution is 2.08. The molecule has 1 aromatic carbocycles. The average Bonchev–Trinajstić information content (AvgIpc) is 2.94. The maximum atomic E-state index is 11.7. The van der Waals surface area contributed by atoms with Crippen molar-refractivity contribution in [3.05, 3.63) is 58.3 Å². The minimum Gasteiger partial charge on any atom is -0.266 e. The van der Waals surface area contributed by atoms with Crippen LogP contribution in [0, 0.1) is 0 Å². The molecular formula is C14H14N2OS. The Balaban J connectivity index is 2.10. The summed E-state index contributed by atoms with van der Waals surface area (Å²) in [4.78, 5) is 12.4. The molecule has 4 heteroatoms. The Labute approximate surface area is 110 Å². The van der Waals surface area contributed by atoms with Gasteiger partial charge in [-0.3, -0.25) is 4.79 Å². The highest BCUT2D eigenvalue weighted by atomic mass is 32.1. The van der Waals surface area contributed by atoms with Crippen LogP contribution in [-0.4, -0.2) is 11.6 Å². The third kappa shape index (κ3) is 3.05. The molecular weight excluding hydrogens is 244 g/mol. The second-order valence-electron chi connectivity index (χ2n) is 3.70. The van der Waals surface area contributed by atoms with Crippen molar-refractivity contribution in [2.75, 3.05) is 0 Å². The van der Waals surface area contributed by atoms with Gasteiger partial charge in [0, 0.05) is 0 Å². The van der Waals surface area contributed by atoms with Gasteiger partial charge in [-0.2, -0.15) is 5.10 Å². The Morgan fingerprint density at radius 1 is 1.22 bits per heavy atom. The summed E-state index contributed by atoms with van der Waals surface area (Å²) in [5.41, 5.74) is 4.50. The molecule has 0 radical (unpaired) electrons. The summed E-state index contributed by atoms with van der Waals surface area (Å²) in [6.45, 7) is 2.02. The number of hydrogen-bond acceptors (Lipinski definition) is 3. The smallest absolute Gasteiger partial charge is 0.266 e. The van der Waals surface area contributed by atoms with Gasteiger partial charge >= 0.3 is 0 Å². The predicted molar refractivity (Wildman–Crippen MR) is 75.1 cm³/mol. The molecule has 1 amide bonds. The van der Waals surface area contributed by atoms with Crippen molar-refractivity contribution >= 4 is 23.0 Å². The fourth-order valence-corrected chi connectivity index (χ4v) is 2.17. The summed E-state index contributed by atoms with van der Waals surface area (Å²) in [6, 6.07) is 13.5. The normalized spacial score (nSPS) is 11.3. The van der Waals surface area contributed by atoms with Crippen LogP contribution >= 0.6 is 11.3 Å². The number of hydrogen-bond donors (Lipinski definition) is 1. The predicted octanol–water partition coefficient (Wildman–Crippen LogP) is 3.29. The second-order valence-corrected chi connectivity index (χ2v) is 4.64. The Morgan fingerprint density at radius 3 is 2.61 bits per heavy atom. The van der Waals surface area contributed by atoms with Crippen LogP contribution in [0.4, 0.5) is 0 Å². The number of nitrogens with zero attached hydrogens (tertiary/aromatic N) is 1. The van der Waals surface area contributed by atoms with Gasteiger partial charge in [0.05, 0.1) is 10.6 Å². The Morgan fingerprint density at radius 2 is 2.00 bits per heavy atom. The van der Waals surface area contributed by atoms with Crippen LogP contribution < -0.4 is 5.43 Å². The van der Waals surface area contributed by atoms with Crippen LogP contribution in [0.5, 0.6) is 0 Å². The molecule has 0 saturated carbocycles. The first-order valence-electron chi connectivity index (χ1n) is 5.77. The molecule has 1 aromatic heterocycles. The molecule has 3 nitrogen and oxygen atoms in total. The SMILES string of the molecule is CC/C(=N/NC(=O)c1cccs1)c1ccccc1. The molecule has 92 valence electrons. The molecule has 1 N–H and O–H groups in total. The molecule has 0 saturated heterocycles. The molecule has 1 heterocycles. The summed E-state index contributed by atoms with van der Waals surface area (Å²) in [5, 5.41) is 6.06. The highest BCUT2D eigenvalue weighted by Gasteiger charge is 2.06. The highest BCUT2D eigenvalue weighted by molar-refractivity contribution is 7.12. The third-order valence-corrected chi connectivity index (χ3v) is 3.35. The van der Waals surface area contributed by atoms with Gasteiger partial charge in [-0.05, 0) is 23.4 Å². The summed E-state index contributed by atoms with van der Waals surface area (Å²) in [5.74, 6) is -0.160. The molecule has 18 heavy (non-hydrogen) atoms. The average molecular weight is 258 g/mol. The molecule has 0 fully saturated rings. The van der Waals surface area contributed by atoms with Gasteiger partial charge in [-0.1, -0.05) is 43.3 Å². The van der Waals surface area contributed by atoms with E-state index in [4.69, 9.17) is 0 Å². The van der Waals surface area contributed by atoms with E-state index in [0.29, 0.717) is 4.88 Å². The monoisotopic (exact) mass is 258 g/mol. The van der Waals surface area contributed by atoms with Crippen molar-refractivity contribution in [2.45, 2.75) is 13.3 Å².